The van der Waals surface area contributed by atoms with Crippen molar-refractivity contribution in [3.05, 3.63) is 54.2 Å². The molecule has 0 saturated carbocycles. The van der Waals surface area contributed by atoms with Crippen LogP contribution in [-0.4, -0.2) is 23.9 Å². The van der Waals surface area contributed by atoms with Crippen LogP contribution in [0, 0.1) is 0 Å². The number of hydrogen-bond acceptors (Lipinski definition) is 2. The molecule has 1 aliphatic heterocycles. The first-order chi connectivity index (χ1) is 7.70. The molecule has 82 valence electrons. The molecule has 0 spiro atoms. The van der Waals surface area contributed by atoms with Gasteiger partial charge in [0.15, 0.2) is 0 Å². The van der Waals surface area contributed by atoms with Gasteiger partial charge in [0, 0.05) is 13.2 Å². The SMILES string of the molecule is CN1C=CC=C(c2ccccc2)C(N)C1=O. The number of nitrogens with zero attached hydrogens (tertiary/aromatic N) is 1. The van der Waals surface area contributed by atoms with Crippen LogP contribution in [0.15, 0.2) is 48.7 Å². The molecule has 1 aromatic carbocycles. The van der Waals surface area contributed by atoms with Crippen LogP contribution in [0.1, 0.15) is 5.56 Å². The lowest BCUT2D eigenvalue weighted by molar-refractivity contribution is -0.127. The van der Waals surface area contributed by atoms with Crippen LogP contribution in [-0.2, 0) is 4.79 Å². The highest BCUT2D eigenvalue weighted by Crippen LogP contribution is 2.20. The number of hydrogen-bond donors (Lipinski definition) is 1. The molecule has 0 radical (unpaired) electrons. The van der Waals surface area contributed by atoms with Crippen molar-refractivity contribution in [2.24, 2.45) is 5.73 Å². The maximum atomic E-state index is 11.8. The van der Waals surface area contributed by atoms with Crippen molar-refractivity contribution < 1.29 is 4.79 Å². The van der Waals surface area contributed by atoms with Gasteiger partial charge in [-0.1, -0.05) is 36.4 Å². The van der Waals surface area contributed by atoms with E-state index in [-0.39, 0.29) is 5.91 Å². The van der Waals surface area contributed by atoms with Crippen LogP contribution in [0.5, 0.6) is 0 Å². The minimum atomic E-state index is -0.595. The van der Waals surface area contributed by atoms with Crippen LogP contribution < -0.4 is 5.73 Å². The summed E-state index contributed by atoms with van der Waals surface area (Å²) in [6.45, 7) is 0. The van der Waals surface area contributed by atoms with Gasteiger partial charge in [-0.2, -0.15) is 0 Å². The quantitative estimate of drug-likeness (QED) is 0.767. The summed E-state index contributed by atoms with van der Waals surface area (Å²) in [4.78, 5) is 13.3. The van der Waals surface area contributed by atoms with Crippen LogP contribution >= 0.6 is 0 Å². The van der Waals surface area contributed by atoms with Crippen molar-refractivity contribution in [3.8, 4) is 0 Å². The molecule has 2 rings (SSSR count). The molecule has 0 bridgehead atoms. The third-order valence-corrected chi connectivity index (χ3v) is 2.64. The van der Waals surface area contributed by atoms with E-state index in [1.54, 1.807) is 13.2 Å². The molecule has 1 heterocycles. The van der Waals surface area contributed by atoms with Gasteiger partial charge in [-0.25, -0.2) is 0 Å². The van der Waals surface area contributed by atoms with E-state index in [2.05, 4.69) is 0 Å². The molecule has 0 saturated heterocycles. The molecular weight excluding hydrogens is 200 g/mol. The second-order valence-corrected chi connectivity index (χ2v) is 3.76. The van der Waals surface area contributed by atoms with Gasteiger partial charge >= 0.3 is 0 Å². The third kappa shape index (κ3) is 1.90. The minimum Gasteiger partial charge on any atom is -0.321 e. The van der Waals surface area contributed by atoms with Gasteiger partial charge in [0.1, 0.15) is 6.04 Å². The number of likely N-dealkylation sites (N-methyl/N-ethyl adjacent to an activating group) is 1. The molecule has 3 nitrogen and oxygen atoms in total. The number of carbonyl (C=O) groups is 1. The second-order valence-electron chi connectivity index (χ2n) is 3.76. The Morgan fingerprint density at radius 3 is 2.62 bits per heavy atom. The smallest absolute Gasteiger partial charge is 0.247 e. The van der Waals surface area contributed by atoms with Crippen LogP contribution in [0.4, 0.5) is 0 Å². The van der Waals surface area contributed by atoms with Gasteiger partial charge in [0.2, 0.25) is 5.91 Å². The number of nitrogens with two attached hydrogens (primary N) is 1. The average Bonchev–Trinajstić information content (AvgIpc) is 2.44. The van der Waals surface area contributed by atoms with Gasteiger partial charge < -0.3 is 10.6 Å². The molecule has 2 N–H and O–H groups in total. The summed E-state index contributed by atoms with van der Waals surface area (Å²) in [7, 11) is 1.71. The first-order valence-corrected chi connectivity index (χ1v) is 5.16. The third-order valence-electron chi connectivity index (χ3n) is 2.64. The van der Waals surface area contributed by atoms with E-state index >= 15 is 0 Å². The predicted molar refractivity (Wildman–Crippen MR) is 64.3 cm³/mol. The van der Waals surface area contributed by atoms with E-state index in [9.17, 15) is 4.79 Å². The Kier molecular flexibility index (Phi) is 2.88. The number of amides is 1. The Morgan fingerprint density at radius 2 is 1.94 bits per heavy atom. The lowest BCUT2D eigenvalue weighted by atomic mass is 9.98. The lowest BCUT2D eigenvalue weighted by Gasteiger charge is -2.18. The molecule has 16 heavy (non-hydrogen) atoms. The Labute approximate surface area is 94.9 Å². The van der Waals surface area contributed by atoms with Gasteiger partial charge in [0.05, 0.1) is 0 Å². The maximum Gasteiger partial charge on any atom is 0.247 e. The topological polar surface area (TPSA) is 46.3 Å². The Bertz CT molecular complexity index is 448. The molecule has 0 aliphatic carbocycles. The molecule has 1 unspecified atom stereocenters. The van der Waals surface area contributed by atoms with Crippen molar-refractivity contribution in [2.45, 2.75) is 6.04 Å². The van der Waals surface area contributed by atoms with Gasteiger partial charge in [0.25, 0.3) is 0 Å². The summed E-state index contributed by atoms with van der Waals surface area (Å²) in [5, 5.41) is 0. The fourth-order valence-corrected chi connectivity index (χ4v) is 1.71. The monoisotopic (exact) mass is 214 g/mol. The fourth-order valence-electron chi connectivity index (χ4n) is 1.71. The van der Waals surface area contributed by atoms with Crippen molar-refractivity contribution in [1.29, 1.82) is 0 Å². The summed E-state index contributed by atoms with van der Waals surface area (Å²) >= 11 is 0. The van der Waals surface area contributed by atoms with Crippen molar-refractivity contribution in [1.82, 2.24) is 4.90 Å². The number of carbonyl (C=O) groups excluding carboxylic acids is 1. The number of allylic oxidation sites excluding steroid dienone is 2. The molecule has 0 fully saturated rings. The molecule has 3 heteroatoms. The highest BCUT2D eigenvalue weighted by molar-refractivity contribution is 5.97. The van der Waals surface area contributed by atoms with Crippen LogP contribution in [0.2, 0.25) is 0 Å². The summed E-state index contributed by atoms with van der Waals surface area (Å²) in [6.07, 6.45) is 5.45. The van der Waals surface area contributed by atoms with E-state index in [1.807, 2.05) is 42.5 Å². The zero-order chi connectivity index (χ0) is 11.5. The van der Waals surface area contributed by atoms with Gasteiger partial charge in [-0.05, 0) is 17.2 Å². The Balaban J connectivity index is 2.39. The first kappa shape index (κ1) is 10.6. The number of rotatable bonds is 1. The average molecular weight is 214 g/mol. The van der Waals surface area contributed by atoms with Crippen molar-refractivity contribution in [3.63, 3.8) is 0 Å². The summed E-state index contributed by atoms with van der Waals surface area (Å²) in [5.41, 5.74) is 7.79. The first-order valence-electron chi connectivity index (χ1n) is 5.16. The van der Waals surface area contributed by atoms with Crippen molar-refractivity contribution >= 4 is 11.5 Å². The van der Waals surface area contributed by atoms with Gasteiger partial charge in [-0.3, -0.25) is 4.79 Å². The standard InChI is InChI=1S/C13H14N2O/c1-15-9-5-8-11(12(14)13(15)16)10-6-3-2-4-7-10/h2-9,12H,14H2,1H3. The summed E-state index contributed by atoms with van der Waals surface area (Å²) in [6, 6.07) is 9.13. The molecular formula is C13H14N2O. The van der Waals surface area contributed by atoms with Gasteiger partial charge in [-0.15, -0.1) is 0 Å². The normalized spacial score (nSPS) is 20.6. The second kappa shape index (κ2) is 4.33. The summed E-state index contributed by atoms with van der Waals surface area (Å²) in [5.74, 6) is -0.0937. The molecule has 1 amide bonds. The van der Waals surface area contributed by atoms with E-state index in [1.165, 1.54) is 4.90 Å². The molecule has 1 aromatic rings. The van der Waals surface area contributed by atoms with E-state index < -0.39 is 6.04 Å². The predicted octanol–water partition coefficient (Wildman–Crippen LogP) is 1.38. The molecule has 0 aromatic heterocycles. The van der Waals surface area contributed by atoms with E-state index in [0.29, 0.717) is 0 Å². The van der Waals surface area contributed by atoms with Crippen LogP contribution in [0.3, 0.4) is 0 Å². The number of benzene rings is 1. The molecule has 1 atom stereocenters. The van der Waals surface area contributed by atoms with E-state index in [0.717, 1.165) is 11.1 Å². The lowest BCUT2D eigenvalue weighted by Crippen LogP contribution is -2.39. The highest BCUT2D eigenvalue weighted by Gasteiger charge is 2.23. The molecule has 1 aliphatic rings. The fraction of sp³-hybridized carbons (Fsp3) is 0.154. The van der Waals surface area contributed by atoms with Crippen LogP contribution in [0.25, 0.3) is 5.57 Å². The Morgan fingerprint density at radius 1 is 1.25 bits per heavy atom. The zero-order valence-electron chi connectivity index (χ0n) is 9.13. The zero-order valence-corrected chi connectivity index (χ0v) is 9.13. The maximum absolute atomic E-state index is 11.8. The minimum absolute atomic E-state index is 0.0937. The largest absolute Gasteiger partial charge is 0.321 e. The van der Waals surface area contributed by atoms with E-state index in [4.69, 9.17) is 5.73 Å². The summed E-state index contributed by atoms with van der Waals surface area (Å²) < 4.78 is 0. The van der Waals surface area contributed by atoms with Crippen molar-refractivity contribution in [2.75, 3.05) is 7.05 Å². The highest BCUT2D eigenvalue weighted by atomic mass is 16.2. The Hall–Kier alpha value is -1.87.